The molecule has 0 radical (unpaired) electrons. The molecule has 4 heteroatoms. The van der Waals surface area contributed by atoms with Gasteiger partial charge in [-0.25, -0.2) is 0 Å². The van der Waals surface area contributed by atoms with Crippen LogP contribution in [0.2, 0.25) is 0 Å². The van der Waals surface area contributed by atoms with Crippen molar-refractivity contribution in [2.45, 2.75) is 45.1 Å². The number of hydrogen-bond acceptors (Lipinski definition) is 3. The van der Waals surface area contributed by atoms with Crippen molar-refractivity contribution in [3.63, 3.8) is 0 Å². The number of benzene rings is 1. The van der Waals surface area contributed by atoms with E-state index in [9.17, 15) is 4.79 Å². The zero-order valence-corrected chi connectivity index (χ0v) is 15.6. The number of carbonyl (C=O) groups is 1. The lowest BCUT2D eigenvalue weighted by Crippen LogP contribution is -2.51. The summed E-state index contributed by atoms with van der Waals surface area (Å²) in [7, 11) is 0. The molecule has 0 aromatic heterocycles. The second-order valence-electron chi connectivity index (χ2n) is 7.79. The maximum atomic E-state index is 12.4. The number of piperazine rings is 1. The van der Waals surface area contributed by atoms with Crippen LogP contribution in [0.15, 0.2) is 30.3 Å². The lowest BCUT2D eigenvalue weighted by Gasteiger charge is -2.35. The van der Waals surface area contributed by atoms with Crippen LogP contribution in [0.4, 0.5) is 0 Å². The van der Waals surface area contributed by atoms with Crippen molar-refractivity contribution in [1.82, 2.24) is 15.1 Å². The van der Waals surface area contributed by atoms with Crippen LogP contribution in [0.3, 0.4) is 0 Å². The number of nitrogens with zero attached hydrogens (tertiary/aromatic N) is 2. The van der Waals surface area contributed by atoms with Crippen molar-refractivity contribution in [2.75, 3.05) is 39.3 Å². The molecule has 3 rings (SSSR count). The molecule has 1 saturated heterocycles. The summed E-state index contributed by atoms with van der Waals surface area (Å²) in [5.41, 5.74) is 1.41. The molecular formula is C21H33N3O. The third-order valence-corrected chi connectivity index (χ3v) is 5.85. The van der Waals surface area contributed by atoms with Crippen LogP contribution in [0.5, 0.6) is 0 Å². The van der Waals surface area contributed by atoms with Gasteiger partial charge >= 0.3 is 0 Å². The van der Waals surface area contributed by atoms with E-state index in [0.717, 1.165) is 45.6 Å². The smallest absolute Gasteiger partial charge is 0.234 e. The van der Waals surface area contributed by atoms with Crippen molar-refractivity contribution in [1.29, 1.82) is 0 Å². The monoisotopic (exact) mass is 343 g/mol. The predicted octanol–water partition coefficient (Wildman–Crippen LogP) is 2.54. The second kappa shape index (κ2) is 9.35. The number of nitrogens with one attached hydrogen (secondary N) is 1. The van der Waals surface area contributed by atoms with Gasteiger partial charge < -0.3 is 10.2 Å². The van der Waals surface area contributed by atoms with E-state index in [2.05, 4.69) is 52.4 Å². The van der Waals surface area contributed by atoms with Crippen molar-refractivity contribution >= 4 is 5.91 Å². The van der Waals surface area contributed by atoms with Crippen LogP contribution < -0.4 is 5.32 Å². The summed E-state index contributed by atoms with van der Waals surface area (Å²) in [5, 5.41) is 3.28. The zero-order valence-electron chi connectivity index (χ0n) is 15.6. The lowest BCUT2D eigenvalue weighted by atomic mass is 9.86. The van der Waals surface area contributed by atoms with Gasteiger partial charge in [-0.1, -0.05) is 50.1 Å². The minimum Gasteiger partial charge on any atom is -0.352 e. The molecule has 1 aliphatic heterocycles. The Labute approximate surface area is 152 Å². The molecule has 2 aliphatic rings. The molecule has 1 aromatic rings. The fourth-order valence-corrected chi connectivity index (χ4v) is 4.09. The average Bonchev–Trinajstić information content (AvgIpc) is 2.64. The third kappa shape index (κ3) is 5.82. The third-order valence-electron chi connectivity index (χ3n) is 5.85. The van der Waals surface area contributed by atoms with Gasteiger partial charge in [0.15, 0.2) is 0 Å². The average molecular weight is 344 g/mol. The van der Waals surface area contributed by atoms with Gasteiger partial charge in [0, 0.05) is 38.8 Å². The van der Waals surface area contributed by atoms with E-state index in [4.69, 9.17) is 0 Å². The predicted molar refractivity (Wildman–Crippen MR) is 103 cm³/mol. The molecule has 25 heavy (non-hydrogen) atoms. The van der Waals surface area contributed by atoms with Gasteiger partial charge in [0.25, 0.3) is 0 Å². The highest BCUT2D eigenvalue weighted by Crippen LogP contribution is 2.23. The Morgan fingerprint density at radius 3 is 2.44 bits per heavy atom. The van der Waals surface area contributed by atoms with Crippen molar-refractivity contribution < 1.29 is 4.79 Å². The van der Waals surface area contributed by atoms with Gasteiger partial charge in [-0.2, -0.15) is 0 Å². The maximum absolute atomic E-state index is 12.4. The van der Waals surface area contributed by atoms with Crippen LogP contribution >= 0.6 is 0 Å². The van der Waals surface area contributed by atoms with E-state index in [-0.39, 0.29) is 5.91 Å². The first kappa shape index (κ1) is 18.4. The van der Waals surface area contributed by atoms with Crippen molar-refractivity contribution in [3.8, 4) is 0 Å². The molecule has 0 unspecified atom stereocenters. The molecule has 1 heterocycles. The first-order valence-corrected chi connectivity index (χ1v) is 9.99. The van der Waals surface area contributed by atoms with E-state index in [0.29, 0.717) is 18.5 Å². The van der Waals surface area contributed by atoms with E-state index < -0.39 is 0 Å². The summed E-state index contributed by atoms with van der Waals surface area (Å²) in [6.07, 6.45) is 6.10. The maximum Gasteiger partial charge on any atom is 0.234 e. The highest BCUT2D eigenvalue weighted by atomic mass is 16.2. The zero-order chi connectivity index (χ0) is 17.5. The Bertz CT molecular complexity index is 525. The summed E-state index contributed by atoms with van der Waals surface area (Å²) in [6.45, 7) is 8.10. The molecule has 2 fully saturated rings. The van der Waals surface area contributed by atoms with Crippen LogP contribution in [-0.4, -0.2) is 61.0 Å². The van der Waals surface area contributed by atoms with Gasteiger partial charge in [0.2, 0.25) is 5.91 Å². The molecule has 1 N–H and O–H groups in total. The Morgan fingerprint density at radius 1 is 1.04 bits per heavy atom. The molecule has 4 nitrogen and oxygen atoms in total. The Kier molecular flexibility index (Phi) is 6.88. The molecule has 1 aromatic carbocycles. The first-order chi connectivity index (χ1) is 12.2. The van der Waals surface area contributed by atoms with Gasteiger partial charge in [0.1, 0.15) is 0 Å². The van der Waals surface area contributed by atoms with Crippen LogP contribution in [0, 0.1) is 5.92 Å². The summed E-state index contributed by atoms with van der Waals surface area (Å²) >= 11 is 0. The van der Waals surface area contributed by atoms with E-state index in [1.165, 1.54) is 24.8 Å². The van der Waals surface area contributed by atoms with E-state index >= 15 is 0 Å². The highest BCUT2D eigenvalue weighted by Gasteiger charge is 2.24. The van der Waals surface area contributed by atoms with Gasteiger partial charge in [0.05, 0.1) is 6.54 Å². The normalized spacial score (nSPS) is 25.6. The molecular weight excluding hydrogens is 310 g/mol. The number of rotatable bonds is 6. The molecule has 0 bridgehead atoms. The largest absolute Gasteiger partial charge is 0.352 e. The van der Waals surface area contributed by atoms with E-state index in [1.807, 2.05) is 0 Å². The van der Waals surface area contributed by atoms with Crippen LogP contribution in [0.25, 0.3) is 0 Å². The molecule has 138 valence electrons. The summed E-state index contributed by atoms with van der Waals surface area (Å²) in [5.74, 6) is 0.851. The Balaban J connectivity index is 1.34. The molecule has 2 atom stereocenters. The summed E-state index contributed by atoms with van der Waals surface area (Å²) in [4.78, 5) is 17.2. The molecule has 1 aliphatic carbocycles. The Morgan fingerprint density at radius 2 is 1.72 bits per heavy atom. The topological polar surface area (TPSA) is 35.6 Å². The lowest BCUT2D eigenvalue weighted by molar-refractivity contribution is -0.124. The fraction of sp³-hybridized carbons (Fsp3) is 0.667. The van der Waals surface area contributed by atoms with Gasteiger partial charge in [-0.15, -0.1) is 0 Å². The number of amides is 1. The van der Waals surface area contributed by atoms with E-state index in [1.54, 1.807) is 0 Å². The highest BCUT2D eigenvalue weighted by molar-refractivity contribution is 5.78. The number of carbonyl (C=O) groups excluding carboxylic acids is 1. The van der Waals surface area contributed by atoms with Crippen LogP contribution in [0.1, 0.15) is 38.2 Å². The SMILES string of the molecule is C[C@@H]1CCCC[C@@H]1NC(=O)CN1CCN(CCc2ccccc2)CC1. The Hall–Kier alpha value is -1.39. The molecule has 1 amide bonds. The number of hydrogen-bond donors (Lipinski definition) is 1. The first-order valence-electron chi connectivity index (χ1n) is 9.99. The fourth-order valence-electron chi connectivity index (χ4n) is 4.09. The standard InChI is InChI=1S/C21H33N3O/c1-18-7-5-6-10-20(18)22-21(25)17-24-15-13-23(14-16-24)12-11-19-8-3-2-4-9-19/h2-4,8-9,18,20H,5-7,10-17H2,1H3,(H,22,25)/t18-,20+/m1/s1. The second-order valence-corrected chi connectivity index (χ2v) is 7.79. The van der Waals surface area contributed by atoms with Gasteiger partial charge in [-0.3, -0.25) is 9.69 Å². The minimum atomic E-state index is 0.219. The summed E-state index contributed by atoms with van der Waals surface area (Å²) < 4.78 is 0. The molecule has 0 spiro atoms. The van der Waals surface area contributed by atoms with Crippen molar-refractivity contribution in [3.05, 3.63) is 35.9 Å². The van der Waals surface area contributed by atoms with Crippen LogP contribution in [-0.2, 0) is 11.2 Å². The quantitative estimate of drug-likeness (QED) is 0.862. The minimum absolute atomic E-state index is 0.219. The van der Waals surface area contributed by atoms with Crippen molar-refractivity contribution in [2.24, 2.45) is 5.92 Å². The molecule has 1 saturated carbocycles. The summed E-state index contributed by atoms with van der Waals surface area (Å²) in [6, 6.07) is 11.1. The van der Waals surface area contributed by atoms with Gasteiger partial charge in [-0.05, 0) is 30.7 Å².